The van der Waals surface area contributed by atoms with Gasteiger partial charge in [-0.05, 0) is 26.2 Å². The van der Waals surface area contributed by atoms with Crippen LogP contribution < -0.4 is 10.6 Å². The van der Waals surface area contributed by atoms with Crippen LogP contribution in [0.4, 0.5) is 9.93 Å². The molecule has 3 atom stereocenters. The number of carbonyl (C=O) groups is 3. The average Bonchev–Trinajstić information content (AvgIpc) is 3.08. The molecule has 1 aromatic rings. The number of hydrogen-bond donors (Lipinski definition) is 3. The molecule has 0 aromatic carbocycles. The van der Waals surface area contributed by atoms with E-state index in [2.05, 4.69) is 20.8 Å². The standard InChI is InChI=1S/C16H25N5O4S/c1-4-12-19-20-15(26-12)18-13(22)9(2)10(3)17-16(25)21-7-5-6-11(8-21)14(23)24/h9-11H,4-8H2,1-3H3,(H,17,25)(H,23,24)(H,18,20,22). The monoisotopic (exact) mass is 383 g/mol. The van der Waals surface area contributed by atoms with Crippen LogP contribution in [-0.2, 0) is 16.0 Å². The largest absolute Gasteiger partial charge is 0.481 e. The van der Waals surface area contributed by atoms with E-state index in [1.807, 2.05) is 6.92 Å². The van der Waals surface area contributed by atoms with Gasteiger partial charge in [0.2, 0.25) is 11.0 Å². The van der Waals surface area contributed by atoms with E-state index in [0.717, 1.165) is 11.4 Å². The number of nitrogens with zero attached hydrogens (tertiary/aromatic N) is 3. The molecule has 0 bridgehead atoms. The fourth-order valence-corrected chi connectivity index (χ4v) is 3.35. The molecule has 1 aromatic heterocycles. The molecule has 1 aliphatic heterocycles. The first kappa shape index (κ1) is 20.1. The van der Waals surface area contributed by atoms with Crippen LogP contribution in [-0.4, -0.2) is 57.2 Å². The zero-order chi connectivity index (χ0) is 19.3. The number of carbonyl (C=O) groups excluding carboxylic acids is 2. The summed E-state index contributed by atoms with van der Waals surface area (Å²) >= 11 is 1.32. The molecule has 1 saturated heterocycles. The number of amides is 3. The molecule has 0 spiro atoms. The van der Waals surface area contributed by atoms with Crippen molar-refractivity contribution < 1.29 is 19.5 Å². The molecule has 144 valence electrons. The maximum Gasteiger partial charge on any atom is 0.317 e. The summed E-state index contributed by atoms with van der Waals surface area (Å²) in [6, 6.07) is -0.751. The number of nitrogens with one attached hydrogen (secondary N) is 2. The lowest BCUT2D eigenvalue weighted by Crippen LogP contribution is -2.51. The number of aliphatic carboxylic acids is 1. The van der Waals surface area contributed by atoms with Crippen molar-refractivity contribution in [2.45, 2.75) is 46.1 Å². The molecule has 1 aliphatic rings. The smallest absolute Gasteiger partial charge is 0.317 e. The predicted octanol–water partition coefficient (Wildman–Crippen LogP) is 1.57. The minimum absolute atomic E-state index is 0.193. The lowest BCUT2D eigenvalue weighted by atomic mass is 9.98. The van der Waals surface area contributed by atoms with E-state index in [-0.39, 0.29) is 18.5 Å². The topological polar surface area (TPSA) is 125 Å². The Morgan fingerprint density at radius 1 is 1.35 bits per heavy atom. The van der Waals surface area contributed by atoms with Crippen LogP contribution in [0.25, 0.3) is 0 Å². The molecule has 9 nitrogen and oxygen atoms in total. The van der Waals surface area contributed by atoms with Gasteiger partial charge in [-0.3, -0.25) is 9.59 Å². The summed E-state index contributed by atoms with van der Waals surface area (Å²) in [6.07, 6.45) is 1.99. The minimum Gasteiger partial charge on any atom is -0.481 e. The Kier molecular flexibility index (Phi) is 6.90. The third-order valence-corrected chi connectivity index (χ3v) is 5.55. The number of anilines is 1. The van der Waals surface area contributed by atoms with Gasteiger partial charge in [0.15, 0.2) is 0 Å². The first-order chi connectivity index (χ1) is 12.3. The average molecular weight is 383 g/mol. The predicted molar refractivity (Wildman–Crippen MR) is 97.0 cm³/mol. The van der Waals surface area contributed by atoms with Gasteiger partial charge in [0.1, 0.15) is 5.01 Å². The summed E-state index contributed by atoms with van der Waals surface area (Å²) in [5.41, 5.74) is 0. The van der Waals surface area contributed by atoms with Crippen molar-refractivity contribution in [2.75, 3.05) is 18.4 Å². The second-order valence-electron chi connectivity index (χ2n) is 6.49. The zero-order valence-electron chi connectivity index (χ0n) is 15.2. The van der Waals surface area contributed by atoms with Crippen LogP contribution in [0.2, 0.25) is 0 Å². The second kappa shape index (κ2) is 8.93. The molecule has 1 fully saturated rings. The summed E-state index contributed by atoms with van der Waals surface area (Å²) in [5.74, 6) is -2.14. The van der Waals surface area contributed by atoms with Gasteiger partial charge in [0.05, 0.1) is 11.8 Å². The van der Waals surface area contributed by atoms with Crippen LogP contribution >= 0.6 is 11.3 Å². The third kappa shape index (κ3) is 5.13. The van der Waals surface area contributed by atoms with Crippen molar-refractivity contribution >= 4 is 34.4 Å². The highest BCUT2D eigenvalue weighted by atomic mass is 32.1. The van der Waals surface area contributed by atoms with Gasteiger partial charge in [-0.25, -0.2) is 4.79 Å². The molecular weight excluding hydrogens is 358 g/mol. The van der Waals surface area contributed by atoms with Gasteiger partial charge in [0, 0.05) is 19.1 Å². The number of carboxylic acids is 1. The summed E-state index contributed by atoms with van der Waals surface area (Å²) in [7, 11) is 0. The Bertz CT molecular complexity index is 665. The highest BCUT2D eigenvalue weighted by molar-refractivity contribution is 7.15. The maximum atomic E-state index is 12.4. The summed E-state index contributed by atoms with van der Waals surface area (Å²) in [4.78, 5) is 37.3. The number of hydrogen-bond acceptors (Lipinski definition) is 6. The minimum atomic E-state index is -0.883. The first-order valence-electron chi connectivity index (χ1n) is 8.73. The van der Waals surface area contributed by atoms with Crippen molar-refractivity contribution in [3.8, 4) is 0 Å². The van der Waals surface area contributed by atoms with Crippen LogP contribution in [0, 0.1) is 11.8 Å². The van der Waals surface area contributed by atoms with E-state index in [9.17, 15) is 14.4 Å². The van der Waals surface area contributed by atoms with Crippen LogP contribution in [0.1, 0.15) is 38.6 Å². The SMILES string of the molecule is CCc1nnc(NC(=O)C(C)C(C)NC(=O)N2CCCC(C(=O)O)C2)s1. The fourth-order valence-electron chi connectivity index (χ4n) is 2.67. The van der Waals surface area contributed by atoms with Gasteiger partial charge >= 0.3 is 12.0 Å². The fraction of sp³-hybridized carbons (Fsp3) is 0.688. The summed E-state index contributed by atoms with van der Waals surface area (Å²) < 4.78 is 0. The van der Waals surface area contributed by atoms with Crippen molar-refractivity contribution in [2.24, 2.45) is 11.8 Å². The normalized spacial score (nSPS) is 19.5. The van der Waals surface area contributed by atoms with Crippen molar-refractivity contribution in [3.05, 3.63) is 5.01 Å². The number of piperidine rings is 1. The molecule has 26 heavy (non-hydrogen) atoms. The molecule has 3 amide bonds. The second-order valence-corrected chi connectivity index (χ2v) is 7.56. The zero-order valence-corrected chi connectivity index (χ0v) is 16.0. The molecule has 3 unspecified atom stereocenters. The maximum absolute atomic E-state index is 12.4. The molecule has 10 heteroatoms. The number of aryl methyl sites for hydroxylation is 1. The lowest BCUT2D eigenvalue weighted by molar-refractivity contribution is -0.143. The van der Waals surface area contributed by atoms with E-state index in [0.29, 0.717) is 24.5 Å². The number of rotatable bonds is 6. The third-order valence-electron chi connectivity index (χ3n) is 4.57. The van der Waals surface area contributed by atoms with Gasteiger partial charge < -0.3 is 20.6 Å². The van der Waals surface area contributed by atoms with Crippen LogP contribution in [0.15, 0.2) is 0 Å². The van der Waals surface area contributed by atoms with Gasteiger partial charge in [-0.2, -0.15) is 0 Å². The van der Waals surface area contributed by atoms with Gasteiger partial charge in [0.25, 0.3) is 0 Å². The molecule has 2 heterocycles. The Hall–Kier alpha value is -2.23. The van der Waals surface area contributed by atoms with E-state index >= 15 is 0 Å². The number of urea groups is 1. The number of aromatic nitrogens is 2. The van der Waals surface area contributed by atoms with E-state index in [1.165, 1.54) is 16.2 Å². The molecule has 0 saturated carbocycles. The first-order valence-corrected chi connectivity index (χ1v) is 9.55. The molecule has 3 N–H and O–H groups in total. The van der Waals surface area contributed by atoms with E-state index < -0.39 is 23.8 Å². The van der Waals surface area contributed by atoms with E-state index in [4.69, 9.17) is 5.11 Å². The molecule has 0 aliphatic carbocycles. The molecule has 0 radical (unpaired) electrons. The van der Waals surface area contributed by atoms with Gasteiger partial charge in [-0.15, -0.1) is 10.2 Å². The summed E-state index contributed by atoms with van der Waals surface area (Å²) in [5, 5.41) is 23.8. The number of carboxylic acid groups (broad SMARTS) is 1. The quantitative estimate of drug-likeness (QED) is 0.685. The lowest BCUT2D eigenvalue weighted by Gasteiger charge is -2.32. The Labute approximate surface area is 156 Å². The van der Waals surface area contributed by atoms with Crippen LogP contribution in [0.5, 0.6) is 0 Å². The van der Waals surface area contributed by atoms with Crippen molar-refractivity contribution in [3.63, 3.8) is 0 Å². The van der Waals surface area contributed by atoms with Gasteiger partial charge in [-0.1, -0.05) is 25.2 Å². The van der Waals surface area contributed by atoms with E-state index in [1.54, 1.807) is 13.8 Å². The molecule has 2 rings (SSSR count). The Morgan fingerprint density at radius 2 is 2.08 bits per heavy atom. The Balaban J connectivity index is 1.86. The number of likely N-dealkylation sites (tertiary alicyclic amines) is 1. The highest BCUT2D eigenvalue weighted by Gasteiger charge is 2.30. The highest BCUT2D eigenvalue weighted by Crippen LogP contribution is 2.18. The van der Waals surface area contributed by atoms with Crippen LogP contribution in [0.3, 0.4) is 0 Å². The van der Waals surface area contributed by atoms with Crippen molar-refractivity contribution in [1.29, 1.82) is 0 Å². The molecular formula is C16H25N5O4S. The Morgan fingerprint density at radius 3 is 2.69 bits per heavy atom. The van der Waals surface area contributed by atoms with Crippen molar-refractivity contribution in [1.82, 2.24) is 20.4 Å². The summed E-state index contributed by atoms with van der Waals surface area (Å²) in [6.45, 7) is 6.14.